The summed E-state index contributed by atoms with van der Waals surface area (Å²) in [6.07, 6.45) is 0. The molecular weight excluding hydrogens is 262 g/mol. The summed E-state index contributed by atoms with van der Waals surface area (Å²) in [5, 5.41) is 8.70. The largest absolute Gasteiger partial charge is 0.314 e. The molecule has 19 heavy (non-hydrogen) atoms. The van der Waals surface area contributed by atoms with Crippen LogP contribution < -0.4 is 10.9 Å². The van der Waals surface area contributed by atoms with Crippen molar-refractivity contribution in [3.05, 3.63) is 27.1 Å². The Hall–Kier alpha value is -1.31. The lowest BCUT2D eigenvalue weighted by molar-refractivity contribution is 0.165. The van der Waals surface area contributed by atoms with Crippen LogP contribution in [0.2, 0.25) is 0 Å². The van der Waals surface area contributed by atoms with Crippen molar-refractivity contribution in [2.24, 2.45) is 0 Å². The Labute approximate surface area is 115 Å². The molecule has 0 saturated carbocycles. The molecule has 0 aliphatic carbocycles. The van der Waals surface area contributed by atoms with Crippen molar-refractivity contribution < 1.29 is 0 Å². The number of nitrogens with one attached hydrogen (secondary N) is 1. The maximum absolute atomic E-state index is 11.8. The molecule has 0 radical (unpaired) electrons. The van der Waals surface area contributed by atoms with Crippen LogP contribution in [0.1, 0.15) is 17.6 Å². The first-order chi connectivity index (χ1) is 9.13. The summed E-state index contributed by atoms with van der Waals surface area (Å²) in [5.41, 5.74) is 0.647. The Morgan fingerprint density at radius 1 is 1.58 bits per heavy atom. The van der Waals surface area contributed by atoms with Gasteiger partial charge in [-0.05, 0) is 13.8 Å². The Kier molecular flexibility index (Phi) is 3.34. The predicted molar refractivity (Wildman–Crippen MR) is 74.6 cm³/mol. The van der Waals surface area contributed by atoms with Crippen molar-refractivity contribution in [3.8, 4) is 0 Å². The highest BCUT2D eigenvalue weighted by molar-refractivity contribution is 7.16. The van der Waals surface area contributed by atoms with E-state index in [1.165, 1.54) is 21.9 Å². The third-order valence-corrected chi connectivity index (χ3v) is 4.29. The molecule has 0 aromatic carbocycles. The SMILES string of the molecule is Cc1cc(=O)n2nc(CN3CCNCC3C)sc2n1. The van der Waals surface area contributed by atoms with Crippen LogP contribution in [-0.4, -0.2) is 45.2 Å². The fourth-order valence-electron chi connectivity index (χ4n) is 2.32. The number of rotatable bonds is 2. The smallest absolute Gasteiger partial charge is 0.275 e. The first-order valence-electron chi connectivity index (χ1n) is 6.44. The van der Waals surface area contributed by atoms with Crippen LogP contribution >= 0.6 is 11.3 Å². The van der Waals surface area contributed by atoms with Gasteiger partial charge in [0.05, 0.1) is 6.54 Å². The van der Waals surface area contributed by atoms with Crippen LogP contribution in [0.25, 0.3) is 4.96 Å². The maximum Gasteiger partial charge on any atom is 0.275 e. The van der Waals surface area contributed by atoms with Crippen LogP contribution in [0.15, 0.2) is 10.9 Å². The van der Waals surface area contributed by atoms with Crippen LogP contribution in [-0.2, 0) is 6.54 Å². The Morgan fingerprint density at radius 3 is 3.21 bits per heavy atom. The fourth-order valence-corrected chi connectivity index (χ4v) is 3.29. The lowest BCUT2D eigenvalue weighted by Crippen LogP contribution is -2.49. The minimum absolute atomic E-state index is 0.0987. The number of hydrogen-bond donors (Lipinski definition) is 1. The molecule has 3 heterocycles. The van der Waals surface area contributed by atoms with Gasteiger partial charge in [-0.25, -0.2) is 4.98 Å². The molecule has 2 aromatic rings. The van der Waals surface area contributed by atoms with E-state index >= 15 is 0 Å². The van der Waals surface area contributed by atoms with Gasteiger partial charge in [0.25, 0.3) is 5.56 Å². The monoisotopic (exact) mass is 279 g/mol. The zero-order chi connectivity index (χ0) is 13.4. The number of fused-ring (bicyclic) bond motifs is 1. The summed E-state index contributed by atoms with van der Waals surface area (Å²) in [4.78, 5) is 19.2. The minimum atomic E-state index is -0.0987. The van der Waals surface area contributed by atoms with Gasteiger partial charge in [0, 0.05) is 37.4 Å². The van der Waals surface area contributed by atoms with E-state index in [1.807, 2.05) is 6.92 Å². The van der Waals surface area contributed by atoms with Gasteiger partial charge >= 0.3 is 0 Å². The van der Waals surface area contributed by atoms with Crippen LogP contribution in [0.3, 0.4) is 0 Å². The Bertz CT molecular complexity index is 649. The van der Waals surface area contributed by atoms with E-state index < -0.39 is 0 Å². The highest BCUT2D eigenvalue weighted by Crippen LogP contribution is 2.15. The summed E-state index contributed by atoms with van der Waals surface area (Å²) in [7, 11) is 0. The average Bonchev–Trinajstić information content (AvgIpc) is 2.75. The van der Waals surface area contributed by atoms with Crippen molar-refractivity contribution in [1.82, 2.24) is 24.8 Å². The second-order valence-corrected chi connectivity index (χ2v) is 5.99. The van der Waals surface area contributed by atoms with Crippen LogP contribution in [0.5, 0.6) is 0 Å². The van der Waals surface area contributed by atoms with E-state index in [2.05, 4.69) is 27.2 Å². The van der Waals surface area contributed by atoms with E-state index in [4.69, 9.17) is 0 Å². The Morgan fingerprint density at radius 2 is 2.42 bits per heavy atom. The summed E-state index contributed by atoms with van der Waals surface area (Å²) in [5.74, 6) is 0. The van der Waals surface area contributed by atoms with Gasteiger partial charge in [-0.15, -0.1) is 0 Å². The average molecular weight is 279 g/mol. The van der Waals surface area contributed by atoms with Crippen molar-refractivity contribution in [1.29, 1.82) is 0 Å². The quantitative estimate of drug-likeness (QED) is 0.854. The summed E-state index contributed by atoms with van der Waals surface area (Å²) in [6, 6.07) is 2.01. The van der Waals surface area contributed by atoms with E-state index in [9.17, 15) is 4.79 Å². The molecule has 1 fully saturated rings. The number of aryl methyl sites for hydroxylation is 1. The number of nitrogens with zero attached hydrogens (tertiary/aromatic N) is 4. The van der Waals surface area contributed by atoms with Crippen LogP contribution in [0.4, 0.5) is 0 Å². The predicted octanol–water partition coefficient (Wildman–Crippen LogP) is 0.253. The minimum Gasteiger partial charge on any atom is -0.314 e. The molecular formula is C12H17N5OS. The summed E-state index contributed by atoms with van der Waals surface area (Å²) < 4.78 is 1.40. The molecule has 102 valence electrons. The molecule has 7 heteroatoms. The van der Waals surface area contributed by atoms with E-state index in [0.29, 0.717) is 11.0 Å². The van der Waals surface area contributed by atoms with Crippen molar-refractivity contribution in [2.75, 3.05) is 19.6 Å². The molecule has 6 nitrogen and oxygen atoms in total. The molecule has 1 saturated heterocycles. The molecule has 1 atom stereocenters. The molecule has 1 aliphatic heterocycles. The second-order valence-electron chi connectivity index (χ2n) is 4.95. The van der Waals surface area contributed by atoms with Crippen molar-refractivity contribution >= 4 is 16.3 Å². The normalized spacial score (nSPS) is 21.1. The van der Waals surface area contributed by atoms with Gasteiger partial charge in [0.1, 0.15) is 5.01 Å². The standard InChI is InChI=1S/C12H17N5OS/c1-8-5-11(18)17-12(14-8)19-10(15-17)7-16-4-3-13-6-9(16)2/h5,9,13H,3-4,6-7H2,1-2H3. The van der Waals surface area contributed by atoms with Gasteiger partial charge in [0.15, 0.2) is 0 Å². The highest BCUT2D eigenvalue weighted by atomic mass is 32.1. The molecule has 1 unspecified atom stereocenters. The van der Waals surface area contributed by atoms with E-state index in [1.54, 1.807) is 0 Å². The highest BCUT2D eigenvalue weighted by Gasteiger charge is 2.19. The number of aromatic nitrogens is 3. The van der Waals surface area contributed by atoms with Gasteiger partial charge in [0.2, 0.25) is 4.96 Å². The van der Waals surface area contributed by atoms with Crippen molar-refractivity contribution in [2.45, 2.75) is 26.4 Å². The fraction of sp³-hybridized carbons (Fsp3) is 0.583. The second kappa shape index (κ2) is 4.99. The first-order valence-corrected chi connectivity index (χ1v) is 7.26. The number of hydrogen-bond acceptors (Lipinski definition) is 6. The zero-order valence-electron chi connectivity index (χ0n) is 11.1. The lowest BCUT2D eigenvalue weighted by Gasteiger charge is -2.32. The molecule has 2 aromatic heterocycles. The molecule has 0 bridgehead atoms. The third kappa shape index (κ3) is 2.54. The lowest BCUT2D eigenvalue weighted by atomic mass is 10.2. The van der Waals surface area contributed by atoms with E-state index in [0.717, 1.165) is 36.9 Å². The topological polar surface area (TPSA) is 62.5 Å². The van der Waals surface area contributed by atoms with Gasteiger partial charge in [-0.3, -0.25) is 9.69 Å². The van der Waals surface area contributed by atoms with E-state index in [-0.39, 0.29) is 5.56 Å². The Balaban J connectivity index is 1.89. The van der Waals surface area contributed by atoms with Gasteiger partial charge in [-0.2, -0.15) is 9.61 Å². The first kappa shape index (κ1) is 12.7. The summed E-state index contributed by atoms with van der Waals surface area (Å²) in [6.45, 7) is 7.84. The molecule has 0 amide bonds. The third-order valence-electron chi connectivity index (χ3n) is 3.39. The molecule has 1 N–H and O–H groups in total. The van der Waals surface area contributed by atoms with Crippen LogP contribution in [0, 0.1) is 6.92 Å². The van der Waals surface area contributed by atoms with Gasteiger partial charge < -0.3 is 5.32 Å². The molecule has 0 spiro atoms. The number of piperazine rings is 1. The summed E-state index contributed by atoms with van der Waals surface area (Å²) >= 11 is 1.50. The molecule has 3 rings (SSSR count). The van der Waals surface area contributed by atoms with Crippen molar-refractivity contribution in [3.63, 3.8) is 0 Å². The zero-order valence-corrected chi connectivity index (χ0v) is 11.9. The van der Waals surface area contributed by atoms with Gasteiger partial charge in [-0.1, -0.05) is 11.3 Å². The molecule has 1 aliphatic rings. The maximum atomic E-state index is 11.8.